The second-order valence-corrected chi connectivity index (χ2v) is 5.84. The van der Waals surface area contributed by atoms with E-state index < -0.39 is 0 Å². The largest absolute Gasteiger partial charge is 0.353 e. The summed E-state index contributed by atoms with van der Waals surface area (Å²) in [5.41, 5.74) is 0.197. The fourth-order valence-corrected chi connectivity index (χ4v) is 4.88. The summed E-state index contributed by atoms with van der Waals surface area (Å²) < 4.78 is 11.3. The molecule has 1 spiro atoms. The molecule has 0 aromatic rings. The predicted molar refractivity (Wildman–Crippen MR) is 51.7 cm³/mol. The Kier molecular flexibility index (Phi) is 1.37. The molecule has 1 unspecified atom stereocenters. The van der Waals surface area contributed by atoms with Gasteiger partial charge in [0.15, 0.2) is 6.29 Å². The third-order valence-electron chi connectivity index (χ3n) is 5.25. The Labute approximate surface area is 85.0 Å². The minimum Gasteiger partial charge on any atom is -0.353 e. The van der Waals surface area contributed by atoms with E-state index in [-0.39, 0.29) is 11.9 Å². The van der Waals surface area contributed by atoms with Crippen LogP contribution in [0, 0.1) is 23.7 Å². The van der Waals surface area contributed by atoms with Crippen LogP contribution >= 0.6 is 0 Å². The molecule has 4 aliphatic carbocycles. The Morgan fingerprint density at radius 1 is 1.00 bits per heavy atom. The van der Waals surface area contributed by atoms with Crippen molar-refractivity contribution < 1.29 is 9.47 Å². The minimum atomic E-state index is 0.150. The van der Waals surface area contributed by atoms with E-state index in [1.165, 1.54) is 32.1 Å². The van der Waals surface area contributed by atoms with Gasteiger partial charge in [-0.1, -0.05) is 0 Å². The summed E-state index contributed by atoms with van der Waals surface area (Å²) in [6.07, 6.45) is 7.36. The van der Waals surface area contributed by atoms with Crippen LogP contribution < -0.4 is 0 Å². The van der Waals surface area contributed by atoms with Crippen molar-refractivity contribution in [1.29, 1.82) is 0 Å². The van der Waals surface area contributed by atoms with Crippen molar-refractivity contribution in [2.45, 2.75) is 44.0 Å². The Morgan fingerprint density at radius 2 is 1.57 bits per heavy atom. The van der Waals surface area contributed by atoms with Crippen LogP contribution in [0.1, 0.15) is 32.1 Å². The molecule has 4 saturated carbocycles. The first-order valence-electron chi connectivity index (χ1n) is 6.03. The average molecular weight is 194 g/mol. The van der Waals surface area contributed by atoms with Crippen molar-refractivity contribution in [2.24, 2.45) is 23.7 Å². The van der Waals surface area contributed by atoms with Gasteiger partial charge in [-0.15, -0.1) is 0 Å². The van der Waals surface area contributed by atoms with Crippen LogP contribution in [0.25, 0.3) is 0 Å². The Balaban J connectivity index is 1.69. The summed E-state index contributed by atoms with van der Waals surface area (Å²) >= 11 is 0. The number of rotatable bonds is 1. The van der Waals surface area contributed by atoms with Crippen molar-refractivity contribution in [3.05, 3.63) is 0 Å². The van der Waals surface area contributed by atoms with Crippen molar-refractivity contribution in [2.75, 3.05) is 7.11 Å². The molecule has 1 aliphatic heterocycles. The molecule has 5 aliphatic rings. The standard InChI is InChI=1S/C12H18O2/c1-13-11-12(14-11)9-3-7-2-8(5-9)6-10(12)4-7/h7-11H,2-6H2,1H3. The third kappa shape index (κ3) is 0.772. The maximum absolute atomic E-state index is 5.91. The molecule has 14 heavy (non-hydrogen) atoms. The van der Waals surface area contributed by atoms with Gasteiger partial charge in [0.1, 0.15) is 5.60 Å². The molecule has 0 amide bonds. The molecule has 0 radical (unpaired) electrons. The molecule has 2 nitrogen and oxygen atoms in total. The number of methoxy groups -OCH3 is 1. The van der Waals surface area contributed by atoms with E-state index in [1.807, 2.05) is 0 Å². The first kappa shape index (κ1) is 8.12. The lowest BCUT2D eigenvalue weighted by Gasteiger charge is -2.53. The van der Waals surface area contributed by atoms with Crippen LogP contribution in [0.2, 0.25) is 0 Å². The van der Waals surface area contributed by atoms with Gasteiger partial charge in [-0.2, -0.15) is 0 Å². The van der Waals surface area contributed by atoms with Crippen LogP contribution in [-0.4, -0.2) is 19.0 Å². The zero-order chi connectivity index (χ0) is 9.34. The molecule has 5 rings (SSSR count). The quantitative estimate of drug-likeness (QED) is 0.597. The van der Waals surface area contributed by atoms with Crippen LogP contribution in [-0.2, 0) is 9.47 Å². The van der Waals surface area contributed by atoms with Crippen LogP contribution in [0.15, 0.2) is 0 Å². The molecule has 0 N–H and O–H groups in total. The van der Waals surface area contributed by atoms with E-state index in [2.05, 4.69) is 0 Å². The zero-order valence-electron chi connectivity index (χ0n) is 8.74. The van der Waals surface area contributed by atoms with Gasteiger partial charge in [0.25, 0.3) is 0 Å². The molecular formula is C12H18O2. The van der Waals surface area contributed by atoms with Gasteiger partial charge in [-0.3, -0.25) is 0 Å². The van der Waals surface area contributed by atoms with Crippen molar-refractivity contribution in [3.63, 3.8) is 0 Å². The Morgan fingerprint density at radius 3 is 2.00 bits per heavy atom. The van der Waals surface area contributed by atoms with Crippen LogP contribution in [0.4, 0.5) is 0 Å². The maximum Gasteiger partial charge on any atom is 0.187 e. The van der Waals surface area contributed by atoms with Crippen molar-refractivity contribution in [3.8, 4) is 0 Å². The number of epoxide rings is 1. The molecule has 5 fully saturated rings. The normalized spacial score (nSPS) is 63.6. The molecule has 0 aromatic carbocycles. The number of ether oxygens (including phenoxy) is 2. The lowest BCUT2D eigenvalue weighted by molar-refractivity contribution is -0.0578. The highest BCUT2D eigenvalue weighted by molar-refractivity contribution is 5.15. The second kappa shape index (κ2) is 2.35. The fraction of sp³-hybridized carbons (Fsp3) is 1.00. The van der Waals surface area contributed by atoms with E-state index in [0.29, 0.717) is 0 Å². The van der Waals surface area contributed by atoms with Gasteiger partial charge in [0.2, 0.25) is 0 Å². The fourth-order valence-electron chi connectivity index (χ4n) is 4.88. The predicted octanol–water partition coefficient (Wildman–Crippen LogP) is 2.18. The number of hydrogen-bond donors (Lipinski definition) is 0. The second-order valence-electron chi connectivity index (χ2n) is 5.84. The van der Waals surface area contributed by atoms with Gasteiger partial charge < -0.3 is 9.47 Å². The Bertz CT molecular complexity index is 245. The lowest BCUT2D eigenvalue weighted by Crippen LogP contribution is -2.52. The summed E-state index contributed by atoms with van der Waals surface area (Å²) in [5, 5.41) is 0. The van der Waals surface area contributed by atoms with Gasteiger partial charge in [0, 0.05) is 7.11 Å². The zero-order valence-corrected chi connectivity index (χ0v) is 8.74. The maximum atomic E-state index is 5.91. The molecule has 0 aromatic heterocycles. The van der Waals surface area contributed by atoms with Crippen molar-refractivity contribution in [1.82, 2.24) is 0 Å². The topological polar surface area (TPSA) is 21.8 Å². The highest BCUT2D eigenvalue weighted by Gasteiger charge is 2.71. The first-order chi connectivity index (χ1) is 6.83. The van der Waals surface area contributed by atoms with E-state index in [0.717, 1.165) is 23.7 Å². The molecule has 1 heterocycles. The summed E-state index contributed by atoms with van der Waals surface area (Å²) in [6, 6.07) is 0. The first-order valence-corrected chi connectivity index (χ1v) is 6.03. The molecule has 2 heteroatoms. The average Bonchev–Trinajstić information content (AvgIpc) is 2.89. The van der Waals surface area contributed by atoms with E-state index in [9.17, 15) is 0 Å². The van der Waals surface area contributed by atoms with E-state index >= 15 is 0 Å². The smallest absolute Gasteiger partial charge is 0.187 e. The SMILES string of the molecule is COC1OC12C1CC3CC(C1)CC2C3. The summed E-state index contributed by atoms with van der Waals surface area (Å²) in [6.45, 7) is 0. The van der Waals surface area contributed by atoms with Crippen molar-refractivity contribution >= 4 is 0 Å². The highest BCUT2D eigenvalue weighted by Crippen LogP contribution is 2.66. The van der Waals surface area contributed by atoms with Crippen LogP contribution in [0.5, 0.6) is 0 Å². The summed E-state index contributed by atoms with van der Waals surface area (Å²) in [5.74, 6) is 3.74. The van der Waals surface area contributed by atoms with Gasteiger partial charge in [-0.25, -0.2) is 0 Å². The highest BCUT2D eigenvalue weighted by atomic mass is 16.8. The molecule has 78 valence electrons. The van der Waals surface area contributed by atoms with Crippen LogP contribution in [0.3, 0.4) is 0 Å². The molecule has 4 bridgehead atoms. The molecular weight excluding hydrogens is 176 g/mol. The molecule has 1 saturated heterocycles. The van der Waals surface area contributed by atoms with E-state index in [1.54, 1.807) is 7.11 Å². The summed E-state index contributed by atoms with van der Waals surface area (Å²) in [4.78, 5) is 0. The van der Waals surface area contributed by atoms with Gasteiger partial charge >= 0.3 is 0 Å². The monoisotopic (exact) mass is 194 g/mol. The van der Waals surface area contributed by atoms with E-state index in [4.69, 9.17) is 9.47 Å². The summed E-state index contributed by atoms with van der Waals surface area (Å²) in [7, 11) is 1.80. The van der Waals surface area contributed by atoms with Gasteiger partial charge in [0.05, 0.1) is 0 Å². The van der Waals surface area contributed by atoms with Gasteiger partial charge in [-0.05, 0) is 55.8 Å². The Hall–Kier alpha value is -0.0800. The number of hydrogen-bond acceptors (Lipinski definition) is 2. The lowest BCUT2D eigenvalue weighted by atomic mass is 9.51. The minimum absolute atomic E-state index is 0.150. The third-order valence-corrected chi connectivity index (χ3v) is 5.25. The molecule has 1 atom stereocenters.